The van der Waals surface area contributed by atoms with E-state index in [2.05, 4.69) is 6.92 Å². The van der Waals surface area contributed by atoms with Crippen molar-refractivity contribution in [1.82, 2.24) is 4.57 Å². The maximum atomic E-state index is 15.1. The van der Waals surface area contributed by atoms with E-state index in [-0.39, 0.29) is 41.4 Å². The van der Waals surface area contributed by atoms with Gasteiger partial charge in [-0.1, -0.05) is 6.92 Å². The normalized spacial score (nSPS) is 22.2. The SMILES string of the molecule is Cc1c(N2CC[C@@H](N)[C@H](C)C2)c(F)cc2c(=O)c(C(=O)O)cn(C3CC3)c12.Cl. The van der Waals surface area contributed by atoms with E-state index >= 15 is 4.39 Å². The highest BCUT2D eigenvalue weighted by Gasteiger charge is 2.31. The van der Waals surface area contributed by atoms with Crippen LogP contribution in [0.3, 0.4) is 0 Å². The number of aromatic nitrogens is 1. The fourth-order valence-electron chi connectivity index (χ4n) is 4.22. The number of carbonyl (C=O) groups is 1. The number of aromatic carboxylic acids is 1. The minimum absolute atomic E-state index is 0. The molecular formula is C20H25ClFN3O3. The monoisotopic (exact) mass is 409 g/mol. The molecule has 3 N–H and O–H groups in total. The molecule has 0 amide bonds. The molecule has 0 radical (unpaired) electrons. The zero-order valence-electron chi connectivity index (χ0n) is 15.9. The van der Waals surface area contributed by atoms with E-state index in [4.69, 9.17) is 5.73 Å². The molecule has 2 fully saturated rings. The third-order valence-corrected chi connectivity index (χ3v) is 5.94. The van der Waals surface area contributed by atoms with Crippen molar-refractivity contribution in [2.24, 2.45) is 11.7 Å². The van der Waals surface area contributed by atoms with Gasteiger partial charge >= 0.3 is 5.97 Å². The quantitative estimate of drug-likeness (QED) is 0.813. The van der Waals surface area contributed by atoms with Gasteiger partial charge in [-0.05, 0) is 43.7 Å². The predicted octanol–water partition coefficient (Wildman–Crippen LogP) is 3.08. The van der Waals surface area contributed by atoms with Crippen LogP contribution in [0.15, 0.2) is 17.1 Å². The van der Waals surface area contributed by atoms with Crippen molar-refractivity contribution >= 4 is 35.0 Å². The van der Waals surface area contributed by atoms with Crippen molar-refractivity contribution in [3.8, 4) is 0 Å². The maximum absolute atomic E-state index is 15.1. The summed E-state index contributed by atoms with van der Waals surface area (Å²) in [7, 11) is 0. The van der Waals surface area contributed by atoms with Crippen molar-refractivity contribution < 1.29 is 14.3 Å². The molecule has 2 aromatic rings. The van der Waals surface area contributed by atoms with Gasteiger partial charge in [-0.15, -0.1) is 12.4 Å². The third-order valence-electron chi connectivity index (χ3n) is 5.94. The standard InChI is InChI=1S/C20H24FN3O3.ClH/c1-10-8-23(6-5-16(10)22)18-11(2)17-13(7-15(18)21)19(25)14(20(26)27)9-24(17)12-3-4-12;/h7,9-10,12,16H,3-6,8,22H2,1-2H3,(H,26,27);1H/t10-,16-;/m1./s1. The van der Waals surface area contributed by atoms with Crippen LogP contribution in [0, 0.1) is 18.7 Å². The summed E-state index contributed by atoms with van der Waals surface area (Å²) in [5.74, 6) is -1.52. The van der Waals surface area contributed by atoms with Gasteiger partial charge in [0.05, 0.1) is 11.2 Å². The number of pyridine rings is 1. The largest absolute Gasteiger partial charge is 0.477 e. The summed E-state index contributed by atoms with van der Waals surface area (Å²) in [6, 6.07) is 1.48. The van der Waals surface area contributed by atoms with E-state index in [0.717, 1.165) is 19.3 Å². The number of fused-ring (bicyclic) bond motifs is 1. The maximum Gasteiger partial charge on any atom is 0.341 e. The fourth-order valence-corrected chi connectivity index (χ4v) is 4.22. The lowest BCUT2D eigenvalue weighted by molar-refractivity contribution is 0.0695. The Bertz CT molecular complexity index is 1000. The Kier molecular flexibility index (Phi) is 5.42. The molecule has 0 unspecified atom stereocenters. The van der Waals surface area contributed by atoms with Gasteiger partial charge in [-0.2, -0.15) is 0 Å². The first kappa shape index (κ1) is 20.6. The third kappa shape index (κ3) is 3.26. The Morgan fingerprint density at radius 1 is 1.32 bits per heavy atom. The second-order valence-corrected chi connectivity index (χ2v) is 7.92. The van der Waals surface area contributed by atoms with Crippen molar-refractivity contribution in [3.05, 3.63) is 39.4 Å². The van der Waals surface area contributed by atoms with Gasteiger partial charge in [0.25, 0.3) is 0 Å². The minimum Gasteiger partial charge on any atom is -0.477 e. The van der Waals surface area contributed by atoms with Crippen LogP contribution in [0.4, 0.5) is 10.1 Å². The number of hydrogen-bond acceptors (Lipinski definition) is 4. The Hall–Kier alpha value is -2.12. The molecule has 1 aliphatic carbocycles. The molecule has 2 atom stereocenters. The molecule has 1 aromatic carbocycles. The summed E-state index contributed by atoms with van der Waals surface area (Å²) in [4.78, 5) is 26.2. The van der Waals surface area contributed by atoms with Gasteiger partial charge in [-0.25, -0.2) is 9.18 Å². The number of halogens is 2. The van der Waals surface area contributed by atoms with Crippen molar-refractivity contribution in [2.75, 3.05) is 18.0 Å². The molecule has 8 heteroatoms. The number of carboxylic acid groups (broad SMARTS) is 1. The first-order valence-electron chi connectivity index (χ1n) is 9.41. The number of hydrogen-bond donors (Lipinski definition) is 2. The first-order valence-corrected chi connectivity index (χ1v) is 9.41. The van der Waals surface area contributed by atoms with Crippen LogP contribution in [-0.2, 0) is 0 Å². The zero-order valence-corrected chi connectivity index (χ0v) is 16.8. The van der Waals surface area contributed by atoms with E-state index in [0.29, 0.717) is 29.9 Å². The molecule has 2 aliphatic rings. The molecule has 0 bridgehead atoms. The molecule has 1 saturated carbocycles. The van der Waals surface area contributed by atoms with Crippen molar-refractivity contribution in [3.63, 3.8) is 0 Å². The lowest BCUT2D eigenvalue weighted by Crippen LogP contribution is -2.46. The summed E-state index contributed by atoms with van der Waals surface area (Å²) in [5, 5.41) is 9.52. The second kappa shape index (κ2) is 7.37. The topological polar surface area (TPSA) is 88.6 Å². The van der Waals surface area contributed by atoms with Crippen LogP contribution in [-0.4, -0.2) is 34.8 Å². The number of anilines is 1. The second-order valence-electron chi connectivity index (χ2n) is 7.92. The molecule has 28 heavy (non-hydrogen) atoms. The molecule has 6 nitrogen and oxygen atoms in total. The molecular weight excluding hydrogens is 385 g/mol. The van der Waals surface area contributed by atoms with Crippen LogP contribution >= 0.6 is 12.4 Å². The summed E-state index contributed by atoms with van der Waals surface area (Å²) in [5.41, 5.74) is 7.00. The van der Waals surface area contributed by atoms with Crippen molar-refractivity contribution in [2.45, 2.75) is 45.2 Å². The average molecular weight is 410 g/mol. The van der Waals surface area contributed by atoms with Gasteiger partial charge in [0.2, 0.25) is 5.43 Å². The molecule has 4 rings (SSSR count). The lowest BCUT2D eigenvalue weighted by atomic mass is 9.93. The average Bonchev–Trinajstić information content (AvgIpc) is 3.43. The number of aryl methyl sites for hydroxylation is 1. The summed E-state index contributed by atoms with van der Waals surface area (Å²) in [6.07, 6.45) is 4.07. The predicted molar refractivity (Wildman–Crippen MR) is 109 cm³/mol. The van der Waals surface area contributed by atoms with Crippen LogP contribution in [0.25, 0.3) is 10.9 Å². The molecule has 1 saturated heterocycles. The van der Waals surface area contributed by atoms with Crippen LogP contribution in [0.1, 0.15) is 48.1 Å². The molecule has 1 aliphatic heterocycles. The number of piperidine rings is 1. The summed E-state index contributed by atoms with van der Waals surface area (Å²) < 4.78 is 16.9. The number of rotatable bonds is 3. The Balaban J connectivity index is 0.00000225. The highest BCUT2D eigenvalue weighted by Crippen LogP contribution is 2.40. The molecule has 1 aromatic heterocycles. The van der Waals surface area contributed by atoms with Gasteiger partial charge in [0.15, 0.2) is 0 Å². The zero-order chi connectivity index (χ0) is 19.5. The summed E-state index contributed by atoms with van der Waals surface area (Å²) >= 11 is 0. The van der Waals surface area contributed by atoms with E-state index in [1.165, 1.54) is 12.3 Å². The number of nitrogens with zero attached hydrogens (tertiary/aromatic N) is 2. The highest BCUT2D eigenvalue weighted by molar-refractivity contribution is 5.95. The minimum atomic E-state index is -1.28. The first-order chi connectivity index (χ1) is 12.8. The van der Waals surface area contributed by atoms with Crippen LogP contribution in [0.5, 0.6) is 0 Å². The van der Waals surface area contributed by atoms with Gasteiger partial charge in [0.1, 0.15) is 11.4 Å². The smallest absolute Gasteiger partial charge is 0.341 e. The van der Waals surface area contributed by atoms with Crippen LogP contribution in [0.2, 0.25) is 0 Å². The van der Waals surface area contributed by atoms with Gasteiger partial charge in [0, 0.05) is 36.8 Å². The van der Waals surface area contributed by atoms with Gasteiger partial charge in [-0.3, -0.25) is 4.79 Å². The Labute approximate surface area is 168 Å². The fraction of sp³-hybridized carbons (Fsp3) is 0.500. The van der Waals surface area contributed by atoms with Crippen molar-refractivity contribution in [1.29, 1.82) is 0 Å². The van der Waals surface area contributed by atoms with E-state index in [1.54, 1.807) is 0 Å². The molecule has 0 spiro atoms. The number of nitrogens with two attached hydrogens (primary N) is 1. The summed E-state index contributed by atoms with van der Waals surface area (Å²) in [6.45, 7) is 5.20. The molecule has 152 valence electrons. The highest BCUT2D eigenvalue weighted by atomic mass is 35.5. The van der Waals surface area contributed by atoms with Gasteiger partial charge < -0.3 is 20.3 Å². The van der Waals surface area contributed by atoms with E-state index in [1.807, 2.05) is 16.4 Å². The van der Waals surface area contributed by atoms with E-state index in [9.17, 15) is 14.7 Å². The Morgan fingerprint density at radius 2 is 2.00 bits per heavy atom. The van der Waals surface area contributed by atoms with E-state index < -0.39 is 17.2 Å². The molecule has 2 heterocycles. The lowest BCUT2D eigenvalue weighted by Gasteiger charge is -2.37. The van der Waals surface area contributed by atoms with Crippen LogP contribution < -0.4 is 16.1 Å². The number of carboxylic acids is 1. The Morgan fingerprint density at radius 3 is 2.57 bits per heavy atom. The number of benzene rings is 1.